The summed E-state index contributed by atoms with van der Waals surface area (Å²) in [6.07, 6.45) is 1.53. The molecular formula is C7H8BrN3O2. The van der Waals surface area contributed by atoms with E-state index in [4.69, 9.17) is 5.84 Å². The maximum absolute atomic E-state index is 11.1. The quantitative estimate of drug-likeness (QED) is 0.423. The van der Waals surface area contributed by atoms with E-state index in [0.717, 1.165) is 4.47 Å². The summed E-state index contributed by atoms with van der Waals surface area (Å²) in [7, 11) is 0. The van der Waals surface area contributed by atoms with Crippen LogP contribution in [-0.2, 0) is 11.3 Å². The number of hydrazine groups is 1. The summed E-state index contributed by atoms with van der Waals surface area (Å²) in [4.78, 5) is 22.0. The zero-order valence-electron chi connectivity index (χ0n) is 6.66. The Morgan fingerprint density at radius 2 is 2.31 bits per heavy atom. The smallest absolute Gasteiger partial charge is 0.253 e. The van der Waals surface area contributed by atoms with Crippen LogP contribution >= 0.6 is 15.9 Å². The third-order valence-electron chi connectivity index (χ3n) is 1.42. The van der Waals surface area contributed by atoms with Crippen molar-refractivity contribution in [1.29, 1.82) is 0 Å². The predicted molar refractivity (Wildman–Crippen MR) is 50.7 cm³/mol. The molecule has 0 aromatic carbocycles. The topological polar surface area (TPSA) is 77.1 Å². The molecule has 13 heavy (non-hydrogen) atoms. The van der Waals surface area contributed by atoms with E-state index in [1.54, 1.807) is 6.07 Å². The molecule has 0 radical (unpaired) electrons. The molecule has 0 unspecified atom stereocenters. The lowest BCUT2D eigenvalue weighted by molar-refractivity contribution is -0.121. The second-order valence-corrected chi connectivity index (χ2v) is 3.30. The Labute approximate surface area is 82.6 Å². The Morgan fingerprint density at radius 1 is 1.62 bits per heavy atom. The molecule has 0 saturated heterocycles. The van der Waals surface area contributed by atoms with E-state index in [1.165, 1.54) is 16.8 Å². The summed E-state index contributed by atoms with van der Waals surface area (Å²) in [6.45, 7) is -0.0746. The molecule has 1 amide bonds. The second kappa shape index (κ2) is 4.20. The van der Waals surface area contributed by atoms with E-state index in [1.807, 2.05) is 5.43 Å². The number of nitrogens with zero attached hydrogens (tertiary/aromatic N) is 1. The molecule has 0 spiro atoms. The molecule has 1 rings (SSSR count). The van der Waals surface area contributed by atoms with Gasteiger partial charge in [0, 0.05) is 16.7 Å². The van der Waals surface area contributed by atoms with Gasteiger partial charge >= 0.3 is 0 Å². The average Bonchev–Trinajstić information content (AvgIpc) is 2.11. The molecule has 1 heterocycles. The fraction of sp³-hybridized carbons (Fsp3) is 0.143. The fourth-order valence-corrected chi connectivity index (χ4v) is 1.21. The summed E-state index contributed by atoms with van der Waals surface area (Å²) >= 11 is 3.19. The summed E-state index contributed by atoms with van der Waals surface area (Å²) in [5, 5.41) is 0. The van der Waals surface area contributed by atoms with Crippen molar-refractivity contribution >= 4 is 21.8 Å². The van der Waals surface area contributed by atoms with Crippen LogP contribution in [0.4, 0.5) is 0 Å². The van der Waals surface area contributed by atoms with Crippen LogP contribution in [-0.4, -0.2) is 10.5 Å². The third-order valence-corrected chi connectivity index (χ3v) is 1.89. The number of carbonyl (C=O) groups excluding carboxylic acids is 1. The van der Waals surface area contributed by atoms with Crippen molar-refractivity contribution in [3.05, 3.63) is 33.2 Å². The first-order valence-electron chi connectivity index (χ1n) is 3.49. The van der Waals surface area contributed by atoms with Gasteiger partial charge in [0.05, 0.1) is 0 Å². The average molecular weight is 246 g/mol. The first-order chi connectivity index (χ1) is 6.13. The number of carbonyl (C=O) groups is 1. The van der Waals surface area contributed by atoms with Gasteiger partial charge in [0.1, 0.15) is 6.54 Å². The number of aromatic nitrogens is 1. The molecule has 5 nitrogen and oxygen atoms in total. The Kier molecular flexibility index (Phi) is 3.21. The Morgan fingerprint density at radius 3 is 2.92 bits per heavy atom. The van der Waals surface area contributed by atoms with Crippen molar-refractivity contribution in [3.8, 4) is 0 Å². The highest BCUT2D eigenvalue weighted by Crippen LogP contribution is 2.04. The van der Waals surface area contributed by atoms with E-state index in [0.29, 0.717) is 0 Å². The monoisotopic (exact) mass is 245 g/mol. The van der Waals surface area contributed by atoms with Gasteiger partial charge in [0.2, 0.25) is 0 Å². The molecule has 0 saturated carbocycles. The van der Waals surface area contributed by atoms with Crippen molar-refractivity contribution < 1.29 is 4.79 Å². The second-order valence-electron chi connectivity index (χ2n) is 2.38. The molecule has 3 N–H and O–H groups in total. The van der Waals surface area contributed by atoms with E-state index < -0.39 is 5.91 Å². The van der Waals surface area contributed by atoms with Gasteiger partial charge in [-0.3, -0.25) is 15.0 Å². The molecular weight excluding hydrogens is 238 g/mol. The van der Waals surface area contributed by atoms with Gasteiger partial charge in [-0.1, -0.05) is 0 Å². The van der Waals surface area contributed by atoms with Crippen molar-refractivity contribution in [1.82, 2.24) is 9.99 Å². The molecule has 0 aliphatic heterocycles. The number of hydrogen-bond donors (Lipinski definition) is 2. The van der Waals surface area contributed by atoms with Gasteiger partial charge < -0.3 is 4.57 Å². The van der Waals surface area contributed by atoms with Crippen molar-refractivity contribution in [3.63, 3.8) is 0 Å². The van der Waals surface area contributed by atoms with Crippen LogP contribution in [0.25, 0.3) is 0 Å². The minimum absolute atomic E-state index is 0.0746. The molecule has 70 valence electrons. The van der Waals surface area contributed by atoms with Crippen molar-refractivity contribution in [2.24, 2.45) is 5.84 Å². The third kappa shape index (κ3) is 2.67. The maximum atomic E-state index is 11.1. The number of rotatable bonds is 2. The molecule has 0 aliphatic carbocycles. The highest BCUT2D eigenvalue weighted by Gasteiger charge is 2.01. The highest BCUT2D eigenvalue weighted by molar-refractivity contribution is 9.10. The number of hydrogen-bond acceptors (Lipinski definition) is 3. The molecule has 0 atom stereocenters. The zero-order valence-corrected chi connectivity index (χ0v) is 8.24. The van der Waals surface area contributed by atoms with Crippen LogP contribution in [0.3, 0.4) is 0 Å². The number of pyridine rings is 1. The van der Waals surface area contributed by atoms with Crippen LogP contribution in [0.15, 0.2) is 27.6 Å². The first kappa shape index (κ1) is 9.94. The van der Waals surface area contributed by atoms with Crippen molar-refractivity contribution in [2.75, 3.05) is 0 Å². The van der Waals surface area contributed by atoms with Crippen LogP contribution in [0.5, 0.6) is 0 Å². The fourth-order valence-electron chi connectivity index (χ4n) is 0.826. The number of nitrogens with two attached hydrogens (primary N) is 1. The maximum Gasteiger partial charge on any atom is 0.253 e. The minimum Gasteiger partial charge on any atom is -0.305 e. The summed E-state index contributed by atoms with van der Waals surface area (Å²) in [5.41, 5.74) is 1.70. The Bertz CT molecular complexity index is 374. The Balaban J connectivity index is 2.94. The molecule has 0 aliphatic rings. The molecule has 0 fully saturated rings. The van der Waals surface area contributed by atoms with Gasteiger partial charge in [-0.15, -0.1) is 0 Å². The normalized spacial score (nSPS) is 9.69. The van der Waals surface area contributed by atoms with E-state index in [2.05, 4.69) is 15.9 Å². The van der Waals surface area contributed by atoms with E-state index in [-0.39, 0.29) is 12.1 Å². The number of amides is 1. The van der Waals surface area contributed by atoms with Gasteiger partial charge in [-0.05, 0) is 22.0 Å². The SMILES string of the molecule is NNC(=O)Cn1cc(Br)ccc1=O. The molecule has 1 aromatic rings. The summed E-state index contributed by atoms with van der Waals surface area (Å²) < 4.78 is 1.99. The predicted octanol–water partition coefficient (Wildman–Crippen LogP) is -0.399. The van der Waals surface area contributed by atoms with Crippen LogP contribution in [0, 0.1) is 0 Å². The number of halogens is 1. The van der Waals surface area contributed by atoms with Crippen molar-refractivity contribution in [2.45, 2.75) is 6.54 Å². The van der Waals surface area contributed by atoms with Gasteiger partial charge in [-0.25, -0.2) is 5.84 Å². The molecule has 1 aromatic heterocycles. The minimum atomic E-state index is -0.416. The van der Waals surface area contributed by atoms with E-state index in [9.17, 15) is 9.59 Å². The standard InChI is InChI=1S/C7H8BrN3O2/c8-5-1-2-7(13)11(3-5)4-6(12)10-9/h1-3H,4,9H2,(H,10,12). The number of nitrogens with one attached hydrogen (secondary N) is 1. The largest absolute Gasteiger partial charge is 0.305 e. The van der Waals surface area contributed by atoms with Crippen LogP contribution in [0.2, 0.25) is 0 Å². The first-order valence-corrected chi connectivity index (χ1v) is 4.28. The lowest BCUT2D eigenvalue weighted by Crippen LogP contribution is -2.35. The Hall–Kier alpha value is -1.14. The lowest BCUT2D eigenvalue weighted by Gasteiger charge is -2.03. The summed E-state index contributed by atoms with van der Waals surface area (Å²) in [5.74, 6) is 4.46. The molecule has 0 bridgehead atoms. The molecule has 6 heteroatoms. The highest BCUT2D eigenvalue weighted by atomic mass is 79.9. The summed E-state index contributed by atoms with van der Waals surface area (Å²) in [6, 6.07) is 2.98. The lowest BCUT2D eigenvalue weighted by atomic mass is 10.4. The van der Waals surface area contributed by atoms with Crippen LogP contribution < -0.4 is 16.8 Å². The van der Waals surface area contributed by atoms with Crippen LogP contribution in [0.1, 0.15) is 0 Å². The van der Waals surface area contributed by atoms with Gasteiger partial charge in [0.25, 0.3) is 11.5 Å². The zero-order chi connectivity index (χ0) is 9.84. The van der Waals surface area contributed by atoms with Gasteiger partial charge in [-0.2, -0.15) is 0 Å². The van der Waals surface area contributed by atoms with E-state index >= 15 is 0 Å². The van der Waals surface area contributed by atoms with Gasteiger partial charge in [0.15, 0.2) is 0 Å².